The molecule has 3 aromatic rings. The van der Waals surface area contributed by atoms with Gasteiger partial charge in [-0.15, -0.1) is 0 Å². The highest BCUT2D eigenvalue weighted by Gasteiger charge is 2.22. The van der Waals surface area contributed by atoms with E-state index in [4.69, 9.17) is 12.2 Å². The minimum atomic E-state index is -0.514. The Morgan fingerprint density at radius 1 is 0.793 bits per heavy atom. The van der Waals surface area contributed by atoms with Crippen LogP contribution < -0.4 is 16.2 Å². The molecule has 0 radical (unpaired) electrons. The molecule has 0 saturated heterocycles. The highest BCUT2D eigenvalue weighted by molar-refractivity contribution is 7.80. The molecule has 0 fully saturated rings. The van der Waals surface area contributed by atoms with Crippen molar-refractivity contribution in [2.75, 3.05) is 0 Å². The van der Waals surface area contributed by atoms with Gasteiger partial charge in [-0.05, 0) is 42.4 Å². The Balaban J connectivity index is 1.66. The van der Waals surface area contributed by atoms with Gasteiger partial charge in [0, 0.05) is 5.56 Å². The van der Waals surface area contributed by atoms with Gasteiger partial charge >= 0.3 is 0 Å². The molecule has 146 valence electrons. The number of nitrogens with one attached hydrogen (secondary N) is 3. The zero-order chi connectivity index (χ0) is 20.6. The Kier molecular flexibility index (Phi) is 6.71. The largest absolute Gasteiger partial charge is 0.298 e. The summed E-state index contributed by atoms with van der Waals surface area (Å²) in [4.78, 5) is 25.2. The van der Waals surface area contributed by atoms with E-state index in [0.717, 1.165) is 16.7 Å². The summed E-state index contributed by atoms with van der Waals surface area (Å²) in [6, 6.07) is 26.1. The Hall–Kier alpha value is -3.51. The number of hydrazine groups is 1. The van der Waals surface area contributed by atoms with Crippen LogP contribution in [0.4, 0.5) is 0 Å². The lowest BCUT2D eigenvalue weighted by Gasteiger charge is -2.19. The molecule has 2 amide bonds. The van der Waals surface area contributed by atoms with Crippen LogP contribution >= 0.6 is 12.2 Å². The molecule has 29 heavy (non-hydrogen) atoms. The predicted molar refractivity (Wildman–Crippen MR) is 117 cm³/mol. The Morgan fingerprint density at radius 2 is 1.38 bits per heavy atom. The number of thiocarbonyl (C=S) groups is 1. The summed E-state index contributed by atoms with van der Waals surface area (Å²) < 4.78 is 0. The molecule has 6 heteroatoms. The molecule has 0 aliphatic heterocycles. The fraction of sp³-hybridized carbons (Fsp3) is 0.0870. The van der Waals surface area contributed by atoms with Crippen LogP contribution in [0.3, 0.4) is 0 Å². The van der Waals surface area contributed by atoms with Gasteiger partial charge in [-0.25, -0.2) is 0 Å². The SMILES string of the molecule is Cc1cccc(C(=O)NC(=S)NNC(=O)C(c2ccccc2)c2ccccc2)c1. The van der Waals surface area contributed by atoms with Crippen molar-refractivity contribution >= 4 is 29.1 Å². The maximum Gasteiger partial charge on any atom is 0.257 e. The van der Waals surface area contributed by atoms with Crippen LogP contribution in [0.1, 0.15) is 33.0 Å². The van der Waals surface area contributed by atoms with Gasteiger partial charge in [0.1, 0.15) is 0 Å². The van der Waals surface area contributed by atoms with Crippen molar-refractivity contribution in [3.63, 3.8) is 0 Å². The van der Waals surface area contributed by atoms with E-state index in [0.29, 0.717) is 5.56 Å². The van der Waals surface area contributed by atoms with Crippen molar-refractivity contribution in [3.8, 4) is 0 Å². The van der Waals surface area contributed by atoms with Crippen LogP contribution in [0.5, 0.6) is 0 Å². The average molecular weight is 404 g/mol. The zero-order valence-electron chi connectivity index (χ0n) is 15.9. The summed E-state index contributed by atoms with van der Waals surface area (Å²) in [5, 5.41) is 2.58. The summed E-state index contributed by atoms with van der Waals surface area (Å²) >= 11 is 5.14. The first kappa shape index (κ1) is 20.2. The molecular formula is C23H21N3O2S. The highest BCUT2D eigenvalue weighted by Crippen LogP contribution is 2.24. The first-order chi connectivity index (χ1) is 14.0. The Morgan fingerprint density at radius 3 is 1.93 bits per heavy atom. The number of carbonyl (C=O) groups excluding carboxylic acids is 2. The first-order valence-electron chi connectivity index (χ1n) is 9.12. The minimum Gasteiger partial charge on any atom is -0.298 e. The third-order valence-corrected chi connectivity index (χ3v) is 4.54. The van der Waals surface area contributed by atoms with Gasteiger partial charge in [0.25, 0.3) is 5.91 Å². The van der Waals surface area contributed by atoms with Crippen molar-refractivity contribution in [1.82, 2.24) is 16.2 Å². The second-order valence-electron chi connectivity index (χ2n) is 6.52. The predicted octanol–water partition coefficient (Wildman–Crippen LogP) is 3.46. The zero-order valence-corrected chi connectivity index (χ0v) is 16.7. The van der Waals surface area contributed by atoms with Crippen molar-refractivity contribution < 1.29 is 9.59 Å². The molecular weight excluding hydrogens is 382 g/mol. The molecule has 0 heterocycles. The molecule has 0 atom stereocenters. The van der Waals surface area contributed by atoms with Gasteiger partial charge in [0.15, 0.2) is 5.11 Å². The van der Waals surface area contributed by atoms with Crippen LogP contribution in [0.15, 0.2) is 84.9 Å². The van der Waals surface area contributed by atoms with Crippen LogP contribution in [-0.4, -0.2) is 16.9 Å². The van der Waals surface area contributed by atoms with Crippen molar-refractivity contribution in [2.24, 2.45) is 0 Å². The maximum atomic E-state index is 12.9. The van der Waals surface area contributed by atoms with E-state index >= 15 is 0 Å². The topological polar surface area (TPSA) is 70.2 Å². The fourth-order valence-electron chi connectivity index (χ4n) is 2.97. The molecule has 0 bridgehead atoms. The normalized spacial score (nSPS) is 10.3. The second kappa shape index (κ2) is 9.61. The standard InChI is InChI=1S/C23H21N3O2S/c1-16-9-8-14-19(15-16)21(27)24-23(29)26-25-22(28)20(17-10-4-2-5-11-17)18-12-6-3-7-13-18/h2-15,20H,1H3,(H,25,28)(H2,24,26,27,29). The number of rotatable bonds is 4. The molecule has 0 spiro atoms. The van der Waals surface area contributed by atoms with Crippen molar-refractivity contribution in [2.45, 2.75) is 12.8 Å². The number of carbonyl (C=O) groups is 2. The van der Waals surface area contributed by atoms with Gasteiger partial charge in [-0.2, -0.15) is 0 Å². The van der Waals surface area contributed by atoms with Crippen molar-refractivity contribution in [1.29, 1.82) is 0 Å². The molecule has 3 N–H and O–H groups in total. The molecule has 0 unspecified atom stereocenters. The maximum absolute atomic E-state index is 12.9. The Labute approximate surface area is 175 Å². The van der Waals surface area contributed by atoms with E-state index in [-0.39, 0.29) is 16.9 Å². The van der Waals surface area contributed by atoms with E-state index < -0.39 is 5.92 Å². The lowest BCUT2D eigenvalue weighted by molar-refractivity contribution is -0.122. The van der Waals surface area contributed by atoms with E-state index in [2.05, 4.69) is 16.2 Å². The monoisotopic (exact) mass is 403 g/mol. The second-order valence-corrected chi connectivity index (χ2v) is 6.93. The molecule has 0 aliphatic rings. The van der Waals surface area contributed by atoms with Crippen LogP contribution in [-0.2, 0) is 4.79 Å². The lowest BCUT2D eigenvalue weighted by atomic mass is 9.91. The summed E-state index contributed by atoms with van der Waals surface area (Å²) in [7, 11) is 0. The summed E-state index contributed by atoms with van der Waals surface area (Å²) in [5.74, 6) is -1.14. The third-order valence-electron chi connectivity index (χ3n) is 4.33. The molecule has 0 saturated carbocycles. The van der Waals surface area contributed by atoms with E-state index in [1.807, 2.05) is 73.7 Å². The van der Waals surface area contributed by atoms with E-state index in [1.54, 1.807) is 18.2 Å². The molecule has 3 aromatic carbocycles. The Bertz CT molecular complexity index is 967. The van der Waals surface area contributed by atoms with Gasteiger partial charge in [0.2, 0.25) is 5.91 Å². The molecule has 5 nitrogen and oxygen atoms in total. The number of benzene rings is 3. The van der Waals surface area contributed by atoms with Gasteiger partial charge in [-0.1, -0.05) is 78.4 Å². The third kappa shape index (κ3) is 5.49. The number of hydrogen-bond acceptors (Lipinski definition) is 3. The van der Waals surface area contributed by atoms with Gasteiger partial charge in [0.05, 0.1) is 5.92 Å². The van der Waals surface area contributed by atoms with Gasteiger partial charge in [-0.3, -0.25) is 25.8 Å². The fourth-order valence-corrected chi connectivity index (χ4v) is 3.11. The summed E-state index contributed by atoms with van der Waals surface area (Å²) in [5.41, 5.74) is 8.39. The number of aryl methyl sites for hydroxylation is 1. The smallest absolute Gasteiger partial charge is 0.257 e. The molecule has 0 aromatic heterocycles. The average Bonchev–Trinajstić information content (AvgIpc) is 2.74. The van der Waals surface area contributed by atoms with Gasteiger partial charge < -0.3 is 0 Å². The minimum absolute atomic E-state index is 0.0183. The van der Waals surface area contributed by atoms with Crippen LogP contribution in [0.2, 0.25) is 0 Å². The highest BCUT2D eigenvalue weighted by atomic mass is 32.1. The molecule has 0 aliphatic carbocycles. The van der Waals surface area contributed by atoms with Crippen molar-refractivity contribution in [3.05, 3.63) is 107 Å². The van der Waals surface area contributed by atoms with E-state index in [1.165, 1.54) is 0 Å². The van der Waals surface area contributed by atoms with E-state index in [9.17, 15) is 9.59 Å². The molecule has 3 rings (SSSR count). The summed E-state index contributed by atoms with van der Waals surface area (Å²) in [6.07, 6.45) is 0. The first-order valence-corrected chi connectivity index (χ1v) is 9.53. The van der Waals surface area contributed by atoms with Crippen LogP contribution in [0.25, 0.3) is 0 Å². The van der Waals surface area contributed by atoms with Crippen LogP contribution in [0, 0.1) is 6.92 Å². The quantitative estimate of drug-likeness (QED) is 0.461. The summed E-state index contributed by atoms with van der Waals surface area (Å²) in [6.45, 7) is 1.90. The lowest BCUT2D eigenvalue weighted by Crippen LogP contribution is -2.49. The number of hydrogen-bond donors (Lipinski definition) is 3. The number of amides is 2.